The van der Waals surface area contributed by atoms with Crippen molar-refractivity contribution in [1.29, 1.82) is 0 Å². The minimum absolute atomic E-state index is 0.0153. The van der Waals surface area contributed by atoms with Crippen molar-refractivity contribution in [3.05, 3.63) is 0 Å². The van der Waals surface area contributed by atoms with Crippen LogP contribution in [0.5, 0.6) is 0 Å². The predicted octanol–water partition coefficient (Wildman–Crippen LogP) is 1.01. The summed E-state index contributed by atoms with van der Waals surface area (Å²) in [6.45, 7) is 8.55. The van der Waals surface area contributed by atoms with Crippen molar-refractivity contribution in [2.75, 3.05) is 45.5 Å². The molecule has 0 saturated carbocycles. The number of hydrogen-bond acceptors (Lipinski definition) is 5. The normalized spacial score (nSPS) is 22.0. The molecular weight excluding hydrogens is 372 g/mol. The number of rotatable bonds is 9. The van der Waals surface area contributed by atoms with Crippen molar-refractivity contribution in [1.82, 2.24) is 19.4 Å². The summed E-state index contributed by atoms with van der Waals surface area (Å²) in [5, 5.41) is 3.29. The van der Waals surface area contributed by atoms with Gasteiger partial charge in [-0.3, -0.25) is 4.79 Å². The molecule has 0 bridgehead atoms. The maximum atomic E-state index is 11.8. The van der Waals surface area contributed by atoms with Crippen molar-refractivity contribution in [2.24, 2.45) is 0 Å². The Labute approximate surface area is 163 Å². The van der Waals surface area contributed by atoms with Gasteiger partial charge in [-0.15, -0.1) is 0 Å². The zero-order valence-electron chi connectivity index (χ0n) is 16.2. The number of hydrogen-bond donors (Lipinski definition) is 1. The zero-order chi connectivity index (χ0) is 19.4. The van der Waals surface area contributed by atoms with E-state index in [4.69, 9.17) is 12.2 Å². The van der Waals surface area contributed by atoms with Crippen LogP contribution in [0, 0.1) is 0 Å². The van der Waals surface area contributed by atoms with Gasteiger partial charge in [-0.1, -0.05) is 19.3 Å². The minimum atomic E-state index is -3.04. The molecule has 9 heteroatoms. The molecule has 26 heavy (non-hydrogen) atoms. The lowest BCUT2D eigenvalue weighted by Crippen LogP contribution is -2.48. The van der Waals surface area contributed by atoms with Crippen LogP contribution in [0.2, 0.25) is 0 Å². The first-order chi connectivity index (χ1) is 12.1. The highest BCUT2D eigenvalue weighted by atomic mass is 32.2. The van der Waals surface area contributed by atoms with Crippen LogP contribution in [0.1, 0.15) is 46.0 Å². The molecule has 2 saturated heterocycles. The first-order valence-corrected chi connectivity index (χ1v) is 11.7. The summed E-state index contributed by atoms with van der Waals surface area (Å²) in [6.07, 6.45) is 6.94. The summed E-state index contributed by atoms with van der Waals surface area (Å²) in [7, 11) is -3.04. The van der Waals surface area contributed by atoms with Gasteiger partial charge < -0.3 is 15.1 Å². The Bertz CT molecular complexity index is 613. The number of carbonyl (C=O) groups excluding carboxylic acids is 1. The lowest BCUT2D eigenvalue weighted by molar-refractivity contribution is -0.125. The molecule has 1 amide bonds. The molecule has 1 N–H and O–H groups in total. The molecule has 150 valence electrons. The number of unbranched alkanes of at least 4 members (excludes halogenated alkanes) is 4. The predicted molar refractivity (Wildman–Crippen MR) is 107 cm³/mol. The third-order valence-electron chi connectivity index (χ3n) is 5.35. The average molecular weight is 405 g/mol. The Kier molecular flexibility index (Phi) is 7.41. The summed E-state index contributed by atoms with van der Waals surface area (Å²) >= 11 is 5.24. The standard InChI is InChI=1S/C17H32N4O3S2/c1-17(2)15(22)18-16(25)21(17)10-8-6-4-5-7-9-19-11-13-20(14-12-19)26(3,23)24/h4-14H2,1-3H3,(H,18,22,25). The Balaban J connectivity index is 1.53. The summed E-state index contributed by atoms with van der Waals surface area (Å²) in [5.41, 5.74) is -0.537. The first-order valence-electron chi connectivity index (χ1n) is 9.43. The van der Waals surface area contributed by atoms with E-state index in [9.17, 15) is 13.2 Å². The Hall–Kier alpha value is -0.770. The van der Waals surface area contributed by atoms with Crippen molar-refractivity contribution >= 4 is 33.3 Å². The van der Waals surface area contributed by atoms with E-state index in [0.29, 0.717) is 18.2 Å². The molecule has 2 aliphatic rings. The molecule has 0 radical (unpaired) electrons. The smallest absolute Gasteiger partial charge is 0.251 e. The van der Waals surface area contributed by atoms with E-state index in [1.807, 2.05) is 18.7 Å². The molecule has 0 aromatic rings. The highest BCUT2D eigenvalue weighted by Crippen LogP contribution is 2.21. The van der Waals surface area contributed by atoms with Crippen LogP contribution in [0.3, 0.4) is 0 Å². The molecule has 0 aromatic carbocycles. The van der Waals surface area contributed by atoms with Crippen molar-refractivity contribution in [2.45, 2.75) is 51.5 Å². The van der Waals surface area contributed by atoms with Crippen LogP contribution in [0.25, 0.3) is 0 Å². The Morgan fingerprint density at radius 3 is 2.04 bits per heavy atom. The average Bonchev–Trinajstić information content (AvgIpc) is 2.75. The van der Waals surface area contributed by atoms with Crippen LogP contribution in [-0.4, -0.2) is 84.6 Å². The van der Waals surface area contributed by atoms with Gasteiger partial charge in [0.15, 0.2) is 5.11 Å². The van der Waals surface area contributed by atoms with Gasteiger partial charge in [-0.25, -0.2) is 8.42 Å². The molecular formula is C17H32N4O3S2. The second kappa shape index (κ2) is 8.95. The van der Waals surface area contributed by atoms with Gasteiger partial charge in [0.1, 0.15) is 5.54 Å². The fraction of sp³-hybridized carbons (Fsp3) is 0.882. The molecule has 0 spiro atoms. The van der Waals surface area contributed by atoms with Crippen LogP contribution in [-0.2, 0) is 14.8 Å². The fourth-order valence-electron chi connectivity index (χ4n) is 3.50. The second-order valence-corrected chi connectivity index (χ2v) is 10.1. The number of carbonyl (C=O) groups is 1. The molecule has 0 aromatic heterocycles. The van der Waals surface area contributed by atoms with Gasteiger partial charge >= 0.3 is 0 Å². The number of nitrogens with one attached hydrogen (secondary N) is 1. The maximum Gasteiger partial charge on any atom is 0.251 e. The van der Waals surface area contributed by atoms with Crippen LogP contribution < -0.4 is 5.32 Å². The Morgan fingerprint density at radius 1 is 1.00 bits per heavy atom. The number of piperazine rings is 1. The van der Waals surface area contributed by atoms with Gasteiger partial charge in [0, 0.05) is 32.7 Å². The molecule has 2 rings (SSSR count). The monoisotopic (exact) mass is 404 g/mol. The van der Waals surface area contributed by atoms with E-state index in [2.05, 4.69) is 10.2 Å². The summed E-state index contributed by atoms with van der Waals surface area (Å²) in [5.74, 6) is -0.0153. The highest BCUT2D eigenvalue weighted by Gasteiger charge is 2.42. The van der Waals surface area contributed by atoms with Gasteiger partial charge in [0.05, 0.1) is 6.26 Å². The van der Waals surface area contributed by atoms with Crippen molar-refractivity contribution in [3.63, 3.8) is 0 Å². The van der Waals surface area contributed by atoms with Crippen molar-refractivity contribution < 1.29 is 13.2 Å². The van der Waals surface area contributed by atoms with Crippen molar-refractivity contribution in [3.8, 4) is 0 Å². The van der Waals surface area contributed by atoms with Gasteiger partial charge in [0.25, 0.3) is 5.91 Å². The fourth-order valence-corrected chi connectivity index (χ4v) is 4.73. The highest BCUT2D eigenvalue weighted by molar-refractivity contribution is 7.88. The molecule has 0 aliphatic carbocycles. The molecule has 7 nitrogen and oxygen atoms in total. The molecule has 2 heterocycles. The lowest BCUT2D eigenvalue weighted by Gasteiger charge is -2.33. The summed E-state index contributed by atoms with van der Waals surface area (Å²) in [4.78, 5) is 16.2. The molecule has 2 fully saturated rings. The number of nitrogens with zero attached hydrogens (tertiary/aromatic N) is 3. The third kappa shape index (κ3) is 5.61. The van der Waals surface area contributed by atoms with Crippen LogP contribution in [0.4, 0.5) is 0 Å². The van der Waals surface area contributed by atoms with Gasteiger partial charge in [-0.2, -0.15) is 4.31 Å². The van der Waals surface area contributed by atoms with E-state index < -0.39 is 15.6 Å². The topological polar surface area (TPSA) is 73.0 Å². The number of amides is 1. The zero-order valence-corrected chi connectivity index (χ0v) is 17.8. The SMILES string of the molecule is CC1(C)C(=O)NC(=S)N1CCCCCCCN1CCN(S(C)(=O)=O)CC1. The van der Waals surface area contributed by atoms with E-state index in [0.717, 1.165) is 45.4 Å². The second-order valence-electron chi connectivity index (χ2n) is 7.74. The first kappa shape index (κ1) is 21.5. The number of sulfonamides is 1. The van der Waals surface area contributed by atoms with E-state index >= 15 is 0 Å². The molecule has 2 aliphatic heterocycles. The van der Waals surface area contributed by atoms with Crippen LogP contribution >= 0.6 is 12.2 Å². The summed E-state index contributed by atoms with van der Waals surface area (Å²) in [6, 6.07) is 0. The Morgan fingerprint density at radius 2 is 1.54 bits per heavy atom. The van der Waals surface area contributed by atoms with E-state index in [-0.39, 0.29) is 5.91 Å². The molecule has 0 unspecified atom stereocenters. The number of thiocarbonyl (C=S) groups is 1. The largest absolute Gasteiger partial charge is 0.335 e. The minimum Gasteiger partial charge on any atom is -0.335 e. The van der Waals surface area contributed by atoms with Gasteiger partial charge in [0.2, 0.25) is 10.0 Å². The third-order valence-corrected chi connectivity index (χ3v) is 6.98. The van der Waals surface area contributed by atoms with Crippen LogP contribution in [0.15, 0.2) is 0 Å². The molecule has 0 atom stereocenters. The van der Waals surface area contributed by atoms with Gasteiger partial charge in [-0.05, 0) is 45.5 Å². The maximum absolute atomic E-state index is 11.8. The van der Waals surface area contributed by atoms with E-state index in [1.165, 1.54) is 19.1 Å². The van der Waals surface area contributed by atoms with E-state index in [1.54, 1.807) is 4.31 Å². The quantitative estimate of drug-likeness (QED) is 0.457. The lowest BCUT2D eigenvalue weighted by atomic mass is 10.0. The summed E-state index contributed by atoms with van der Waals surface area (Å²) < 4.78 is 24.6.